The van der Waals surface area contributed by atoms with E-state index in [0.29, 0.717) is 39.7 Å². The van der Waals surface area contributed by atoms with Gasteiger partial charge in [0, 0.05) is 5.56 Å². The molecule has 0 fully saturated rings. The molecule has 31 heavy (non-hydrogen) atoms. The van der Waals surface area contributed by atoms with E-state index in [-0.39, 0.29) is 18.3 Å². The van der Waals surface area contributed by atoms with Crippen LogP contribution in [-0.2, 0) is 0 Å². The third-order valence-corrected chi connectivity index (χ3v) is 5.30. The van der Waals surface area contributed by atoms with Gasteiger partial charge in [0.1, 0.15) is 11.5 Å². The molecule has 154 valence electrons. The van der Waals surface area contributed by atoms with E-state index in [4.69, 9.17) is 18.9 Å². The quantitative estimate of drug-likeness (QED) is 0.346. The molecule has 0 spiro atoms. The Morgan fingerprint density at radius 3 is 2.65 bits per heavy atom. The third-order valence-electron chi connectivity index (χ3n) is 5.30. The van der Waals surface area contributed by atoms with E-state index in [1.807, 2.05) is 25.1 Å². The van der Waals surface area contributed by atoms with E-state index in [9.17, 15) is 9.59 Å². The van der Waals surface area contributed by atoms with Crippen LogP contribution in [-0.4, -0.2) is 18.5 Å². The first-order valence-corrected chi connectivity index (χ1v) is 9.76. The summed E-state index contributed by atoms with van der Waals surface area (Å²) < 4.78 is 22.2. The summed E-state index contributed by atoms with van der Waals surface area (Å²) in [4.78, 5) is 25.4. The van der Waals surface area contributed by atoms with Crippen molar-refractivity contribution in [1.82, 2.24) is 0 Å². The van der Waals surface area contributed by atoms with Crippen LogP contribution in [0.5, 0.6) is 23.0 Å². The first-order chi connectivity index (χ1) is 15.0. The van der Waals surface area contributed by atoms with Crippen molar-refractivity contribution in [2.24, 2.45) is 0 Å². The Kier molecular flexibility index (Phi) is 4.47. The summed E-state index contributed by atoms with van der Waals surface area (Å²) in [5.74, 6) is 1.55. The molecule has 2 aliphatic rings. The molecule has 0 amide bonds. The second-order valence-corrected chi connectivity index (χ2v) is 7.32. The standard InChI is InChI=1S/C25H18O6/c1-14-5-3-4-6-17(14)25(27)31-19-10-8-18-23(26)22(30-24(18)15(19)2)12-16-7-9-20-21(11-16)29-13-28-20/h3-12H,13H2,1-2H3/b22-12-. The number of esters is 1. The Morgan fingerprint density at radius 2 is 1.81 bits per heavy atom. The van der Waals surface area contributed by atoms with Crippen LogP contribution < -0.4 is 18.9 Å². The number of aryl methyl sites for hydroxylation is 1. The average Bonchev–Trinajstić information content (AvgIpc) is 3.35. The molecule has 6 heteroatoms. The Bertz CT molecular complexity index is 1270. The average molecular weight is 414 g/mol. The van der Waals surface area contributed by atoms with E-state index in [1.165, 1.54) is 0 Å². The molecule has 0 aromatic heterocycles. The van der Waals surface area contributed by atoms with E-state index >= 15 is 0 Å². The summed E-state index contributed by atoms with van der Waals surface area (Å²) in [6, 6.07) is 15.8. The van der Waals surface area contributed by atoms with Gasteiger partial charge < -0.3 is 18.9 Å². The molecule has 0 saturated carbocycles. The minimum atomic E-state index is -0.457. The number of hydrogen-bond acceptors (Lipinski definition) is 6. The second kappa shape index (κ2) is 7.32. The van der Waals surface area contributed by atoms with Gasteiger partial charge in [-0.1, -0.05) is 24.3 Å². The van der Waals surface area contributed by atoms with Crippen molar-refractivity contribution in [2.45, 2.75) is 13.8 Å². The van der Waals surface area contributed by atoms with Gasteiger partial charge in [-0.05, 0) is 61.4 Å². The Labute approximate surface area is 178 Å². The molecule has 5 rings (SSSR count). The summed E-state index contributed by atoms with van der Waals surface area (Å²) in [5, 5.41) is 0. The molecule has 2 aliphatic heterocycles. The molecule has 2 heterocycles. The Balaban J connectivity index is 1.42. The van der Waals surface area contributed by atoms with Crippen LogP contribution in [0.4, 0.5) is 0 Å². The lowest BCUT2D eigenvalue weighted by atomic mass is 10.1. The number of carbonyl (C=O) groups excluding carboxylic acids is 2. The van der Waals surface area contributed by atoms with Crippen LogP contribution in [0.25, 0.3) is 6.08 Å². The van der Waals surface area contributed by atoms with Crippen LogP contribution >= 0.6 is 0 Å². The number of hydrogen-bond donors (Lipinski definition) is 0. The predicted octanol–water partition coefficient (Wildman–Crippen LogP) is 4.87. The summed E-state index contributed by atoms with van der Waals surface area (Å²) >= 11 is 0. The SMILES string of the molecule is Cc1ccccc1C(=O)Oc1ccc2c(c1C)O/C(=C\c1ccc3c(c1)OCO3)C2=O. The van der Waals surface area contributed by atoms with Gasteiger partial charge in [0.2, 0.25) is 12.6 Å². The third kappa shape index (κ3) is 3.32. The normalized spacial score (nSPS) is 15.0. The van der Waals surface area contributed by atoms with Gasteiger partial charge in [-0.25, -0.2) is 4.79 Å². The molecule has 0 radical (unpaired) electrons. The van der Waals surface area contributed by atoms with Crippen molar-refractivity contribution in [3.63, 3.8) is 0 Å². The molecule has 0 bridgehead atoms. The van der Waals surface area contributed by atoms with Crippen molar-refractivity contribution in [1.29, 1.82) is 0 Å². The van der Waals surface area contributed by atoms with Crippen LogP contribution in [0.15, 0.2) is 60.4 Å². The first-order valence-electron chi connectivity index (χ1n) is 9.76. The largest absolute Gasteiger partial charge is 0.454 e. The lowest BCUT2D eigenvalue weighted by Crippen LogP contribution is -2.11. The monoisotopic (exact) mass is 414 g/mol. The molecule has 3 aromatic rings. The Hall–Kier alpha value is -4.06. The Morgan fingerprint density at radius 1 is 1.00 bits per heavy atom. The highest BCUT2D eigenvalue weighted by atomic mass is 16.7. The number of rotatable bonds is 3. The van der Waals surface area contributed by atoms with Gasteiger partial charge in [-0.15, -0.1) is 0 Å². The topological polar surface area (TPSA) is 71.1 Å². The molecule has 0 N–H and O–H groups in total. The molecular weight excluding hydrogens is 396 g/mol. The van der Waals surface area contributed by atoms with Gasteiger partial charge in [-0.2, -0.15) is 0 Å². The maximum atomic E-state index is 12.8. The number of ketones is 1. The highest BCUT2D eigenvalue weighted by Crippen LogP contribution is 2.40. The van der Waals surface area contributed by atoms with Gasteiger partial charge in [0.15, 0.2) is 17.3 Å². The molecule has 0 atom stereocenters. The zero-order valence-corrected chi connectivity index (χ0v) is 16.9. The maximum absolute atomic E-state index is 12.8. The molecule has 0 unspecified atom stereocenters. The highest BCUT2D eigenvalue weighted by Gasteiger charge is 2.31. The fraction of sp³-hybridized carbons (Fsp3) is 0.120. The van der Waals surface area contributed by atoms with E-state index in [0.717, 1.165) is 11.1 Å². The van der Waals surface area contributed by atoms with E-state index in [2.05, 4.69) is 0 Å². The van der Waals surface area contributed by atoms with Crippen LogP contribution in [0, 0.1) is 13.8 Å². The summed E-state index contributed by atoms with van der Waals surface area (Å²) in [5.41, 5.74) is 3.08. The lowest BCUT2D eigenvalue weighted by Gasteiger charge is -2.11. The smallest absolute Gasteiger partial charge is 0.343 e. The minimum Gasteiger partial charge on any atom is -0.454 e. The van der Waals surface area contributed by atoms with Crippen molar-refractivity contribution >= 4 is 17.8 Å². The zero-order valence-electron chi connectivity index (χ0n) is 16.9. The number of ether oxygens (including phenoxy) is 4. The van der Waals surface area contributed by atoms with Crippen LogP contribution in [0.1, 0.15) is 37.4 Å². The number of allylic oxidation sites excluding steroid dienone is 1. The fourth-order valence-corrected chi connectivity index (χ4v) is 3.59. The summed E-state index contributed by atoms with van der Waals surface area (Å²) in [7, 11) is 0. The molecule has 6 nitrogen and oxygen atoms in total. The van der Waals surface area contributed by atoms with Crippen molar-refractivity contribution in [3.8, 4) is 23.0 Å². The lowest BCUT2D eigenvalue weighted by molar-refractivity contribution is 0.0732. The second-order valence-electron chi connectivity index (χ2n) is 7.32. The van der Waals surface area contributed by atoms with Gasteiger partial charge in [0.05, 0.1) is 11.1 Å². The molecule has 0 aliphatic carbocycles. The molecule has 3 aromatic carbocycles. The number of carbonyl (C=O) groups is 2. The van der Waals surface area contributed by atoms with Crippen molar-refractivity contribution in [3.05, 3.63) is 88.2 Å². The van der Waals surface area contributed by atoms with Crippen molar-refractivity contribution in [2.75, 3.05) is 6.79 Å². The summed E-state index contributed by atoms with van der Waals surface area (Å²) in [6.45, 7) is 3.79. The summed E-state index contributed by atoms with van der Waals surface area (Å²) in [6.07, 6.45) is 1.66. The minimum absolute atomic E-state index is 0.180. The predicted molar refractivity (Wildman–Crippen MR) is 113 cm³/mol. The van der Waals surface area contributed by atoms with E-state index in [1.54, 1.807) is 49.4 Å². The van der Waals surface area contributed by atoms with Gasteiger partial charge in [-0.3, -0.25) is 4.79 Å². The molecular formula is C25H18O6. The first kappa shape index (κ1) is 18.9. The van der Waals surface area contributed by atoms with Gasteiger partial charge >= 0.3 is 5.97 Å². The van der Waals surface area contributed by atoms with Crippen LogP contribution in [0.2, 0.25) is 0 Å². The number of benzene rings is 3. The highest BCUT2D eigenvalue weighted by molar-refractivity contribution is 6.15. The van der Waals surface area contributed by atoms with Crippen LogP contribution in [0.3, 0.4) is 0 Å². The number of fused-ring (bicyclic) bond motifs is 2. The van der Waals surface area contributed by atoms with Crippen molar-refractivity contribution < 1.29 is 28.5 Å². The fourth-order valence-electron chi connectivity index (χ4n) is 3.59. The van der Waals surface area contributed by atoms with E-state index < -0.39 is 5.97 Å². The maximum Gasteiger partial charge on any atom is 0.343 e. The zero-order chi connectivity index (χ0) is 21.5. The molecule has 0 saturated heterocycles. The van der Waals surface area contributed by atoms with Gasteiger partial charge in [0.25, 0.3) is 0 Å². The number of Topliss-reactive ketones (excluding diaryl/α,β-unsaturated/α-hetero) is 1.